The van der Waals surface area contributed by atoms with Crippen LogP contribution >= 0.6 is 0 Å². The molecule has 8 heavy (non-hydrogen) atoms. The van der Waals surface area contributed by atoms with Crippen molar-refractivity contribution in [3.05, 3.63) is 0 Å². The van der Waals surface area contributed by atoms with Crippen molar-refractivity contribution in [2.75, 3.05) is 6.61 Å². The summed E-state index contributed by atoms with van der Waals surface area (Å²) < 4.78 is 0. The lowest BCUT2D eigenvalue weighted by molar-refractivity contribution is -0.134. The largest absolute Gasteiger partial charge is 0.396 e. The summed E-state index contributed by atoms with van der Waals surface area (Å²) in [7, 11) is 0. The molecule has 0 atom stereocenters. The summed E-state index contributed by atoms with van der Waals surface area (Å²) in [5.74, 6) is 0.279. The van der Waals surface area contributed by atoms with Gasteiger partial charge in [-0.15, -0.1) is 0 Å². The molecule has 1 rings (SSSR count). The van der Waals surface area contributed by atoms with Crippen LogP contribution in [0, 0.1) is 5.41 Å². The normalized spacial score (nSPS) is 25.0. The van der Waals surface area contributed by atoms with E-state index in [1.165, 1.54) is 0 Å². The van der Waals surface area contributed by atoms with Crippen molar-refractivity contribution in [3.63, 3.8) is 0 Å². The van der Waals surface area contributed by atoms with E-state index < -0.39 is 0 Å². The van der Waals surface area contributed by atoms with E-state index >= 15 is 0 Å². The molecular formula is C6H10O2. The van der Waals surface area contributed by atoms with Crippen molar-refractivity contribution in [1.82, 2.24) is 0 Å². The van der Waals surface area contributed by atoms with Crippen LogP contribution in [0.25, 0.3) is 0 Å². The van der Waals surface area contributed by atoms with Crippen molar-refractivity contribution in [2.45, 2.75) is 19.8 Å². The van der Waals surface area contributed by atoms with E-state index in [9.17, 15) is 4.79 Å². The molecule has 0 heterocycles. The van der Waals surface area contributed by atoms with Crippen LogP contribution in [0.15, 0.2) is 0 Å². The lowest BCUT2D eigenvalue weighted by Crippen LogP contribution is -2.37. The van der Waals surface area contributed by atoms with Crippen molar-refractivity contribution in [1.29, 1.82) is 0 Å². The molecule has 0 aromatic heterocycles. The van der Waals surface area contributed by atoms with E-state index in [2.05, 4.69) is 0 Å². The second-order valence-corrected chi connectivity index (χ2v) is 2.86. The molecule has 46 valence electrons. The van der Waals surface area contributed by atoms with Gasteiger partial charge in [0.25, 0.3) is 0 Å². The quantitative estimate of drug-likeness (QED) is 0.534. The van der Waals surface area contributed by atoms with Crippen molar-refractivity contribution in [2.24, 2.45) is 5.41 Å². The average molecular weight is 114 g/mol. The molecule has 1 saturated carbocycles. The molecule has 0 saturated heterocycles. The minimum Gasteiger partial charge on any atom is -0.396 e. The van der Waals surface area contributed by atoms with E-state index in [1.807, 2.05) is 6.92 Å². The van der Waals surface area contributed by atoms with E-state index in [0.29, 0.717) is 12.8 Å². The van der Waals surface area contributed by atoms with Crippen molar-refractivity contribution in [3.8, 4) is 0 Å². The average Bonchev–Trinajstić information content (AvgIpc) is 1.63. The number of carbonyl (C=O) groups is 1. The molecule has 0 aromatic carbocycles. The molecule has 1 aliphatic carbocycles. The summed E-state index contributed by atoms with van der Waals surface area (Å²) in [5.41, 5.74) is -0.0584. The smallest absolute Gasteiger partial charge is 0.134 e. The lowest BCUT2D eigenvalue weighted by Gasteiger charge is -2.34. The lowest BCUT2D eigenvalue weighted by atomic mass is 9.70. The van der Waals surface area contributed by atoms with Gasteiger partial charge in [-0.25, -0.2) is 0 Å². The molecule has 2 heteroatoms. The molecule has 0 aromatic rings. The Kier molecular flexibility index (Phi) is 1.12. The summed E-state index contributed by atoms with van der Waals surface area (Å²) in [6.45, 7) is 2.08. The molecule has 0 spiro atoms. The zero-order valence-electron chi connectivity index (χ0n) is 4.98. The highest BCUT2D eigenvalue weighted by Crippen LogP contribution is 2.36. The number of carbonyl (C=O) groups excluding carboxylic acids is 1. The maximum Gasteiger partial charge on any atom is 0.134 e. The van der Waals surface area contributed by atoms with Gasteiger partial charge in [-0.05, 0) is 0 Å². The standard InChI is InChI=1S/C6H10O2/c1-6(4-7)2-5(8)3-6/h7H,2-4H2,1H3. The third-order valence-corrected chi connectivity index (χ3v) is 1.63. The number of ketones is 1. The van der Waals surface area contributed by atoms with Crippen LogP contribution < -0.4 is 0 Å². The Balaban J connectivity index is 2.40. The first kappa shape index (κ1) is 5.76. The molecule has 0 unspecified atom stereocenters. The molecule has 0 bridgehead atoms. The Labute approximate surface area is 48.5 Å². The summed E-state index contributed by atoms with van der Waals surface area (Å²) in [5, 5.41) is 8.61. The van der Waals surface area contributed by atoms with E-state index in [1.54, 1.807) is 0 Å². The number of hydrogen-bond donors (Lipinski definition) is 1. The summed E-state index contributed by atoms with van der Waals surface area (Å²) >= 11 is 0. The van der Waals surface area contributed by atoms with E-state index in [0.717, 1.165) is 0 Å². The van der Waals surface area contributed by atoms with Crippen LogP contribution in [0.5, 0.6) is 0 Å². The van der Waals surface area contributed by atoms with Gasteiger partial charge in [-0.2, -0.15) is 0 Å². The van der Waals surface area contributed by atoms with E-state index in [-0.39, 0.29) is 17.8 Å². The zero-order valence-corrected chi connectivity index (χ0v) is 4.98. The fourth-order valence-corrected chi connectivity index (χ4v) is 1.01. The first-order valence-electron chi connectivity index (χ1n) is 2.79. The second kappa shape index (κ2) is 1.55. The number of hydrogen-bond acceptors (Lipinski definition) is 2. The predicted molar refractivity (Wildman–Crippen MR) is 29.4 cm³/mol. The SMILES string of the molecule is CC1(CO)CC(=O)C1. The van der Waals surface area contributed by atoms with Gasteiger partial charge in [0.15, 0.2) is 0 Å². The number of aliphatic hydroxyl groups is 1. The van der Waals surface area contributed by atoms with Gasteiger partial charge < -0.3 is 5.11 Å². The predicted octanol–water partition coefficient (Wildman–Crippen LogP) is 0.348. The fraction of sp³-hybridized carbons (Fsp3) is 0.833. The fourth-order valence-electron chi connectivity index (χ4n) is 1.01. The minimum absolute atomic E-state index is 0.0584. The van der Waals surface area contributed by atoms with Crippen LogP contribution in [0.4, 0.5) is 0 Å². The second-order valence-electron chi connectivity index (χ2n) is 2.86. The molecule has 1 aliphatic rings. The van der Waals surface area contributed by atoms with Crippen LogP contribution in [-0.4, -0.2) is 17.5 Å². The van der Waals surface area contributed by atoms with Crippen LogP contribution in [0.1, 0.15) is 19.8 Å². The maximum absolute atomic E-state index is 10.4. The molecule has 2 nitrogen and oxygen atoms in total. The summed E-state index contributed by atoms with van der Waals surface area (Å²) in [6.07, 6.45) is 1.15. The number of aliphatic hydroxyl groups excluding tert-OH is 1. The highest BCUT2D eigenvalue weighted by molar-refractivity contribution is 5.85. The summed E-state index contributed by atoms with van der Waals surface area (Å²) in [6, 6.07) is 0. The number of Topliss-reactive ketones (excluding diaryl/α,β-unsaturated/α-hetero) is 1. The van der Waals surface area contributed by atoms with Crippen LogP contribution in [0.2, 0.25) is 0 Å². The highest BCUT2D eigenvalue weighted by Gasteiger charge is 2.38. The topological polar surface area (TPSA) is 37.3 Å². The van der Waals surface area contributed by atoms with Gasteiger partial charge in [0.2, 0.25) is 0 Å². The third kappa shape index (κ3) is 0.757. The first-order valence-corrected chi connectivity index (χ1v) is 2.79. The molecule has 0 amide bonds. The highest BCUT2D eigenvalue weighted by atomic mass is 16.3. The number of rotatable bonds is 1. The van der Waals surface area contributed by atoms with Crippen molar-refractivity contribution >= 4 is 5.78 Å². The summed E-state index contributed by atoms with van der Waals surface area (Å²) in [4.78, 5) is 10.4. The van der Waals surface area contributed by atoms with Gasteiger partial charge in [0.1, 0.15) is 5.78 Å². The molecule has 1 N–H and O–H groups in total. The Morgan fingerprint density at radius 2 is 2.25 bits per heavy atom. The molecule has 1 fully saturated rings. The Morgan fingerprint density at radius 1 is 1.75 bits per heavy atom. The Hall–Kier alpha value is -0.370. The van der Waals surface area contributed by atoms with Gasteiger partial charge in [0, 0.05) is 24.9 Å². The van der Waals surface area contributed by atoms with Gasteiger partial charge in [-0.1, -0.05) is 6.92 Å². The first-order chi connectivity index (χ1) is 3.66. The molecule has 0 aliphatic heterocycles. The monoisotopic (exact) mass is 114 g/mol. The maximum atomic E-state index is 10.4. The van der Waals surface area contributed by atoms with Gasteiger partial charge in [-0.3, -0.25) is 4.79 Å². The van der Waals surface area contributed by atoms with Crippen LogP contribution in [-0.2, 0) is 4.79 Å². The Bertz CT molecular complexity index is 110. The van der Waals surface area contributed by atoms with Crippen molar-refractivity contribution < 1.29 is 9.90 Å². The molecule has 0 radical (unpaired) electrons. The van der Waals surface area contributed by atoms with Gasteiger partial charge >= 0.3 is 0 Å². The van der Waals surface area contributed by atoms with E-state index in [4.69, 9.17) is 5.11 Å². The Morgan fingerprint density at radius 3 is 2.38 bits per heavy atom. The van der Waals surface area contributed by atoms with Crippen LogP contribution in [0.3, 0.4) is 0 Å². The molecular weight excluding hydrogens is 104 g/mol. The minimum atomic E-state index is -0.0584. The third-order valence-electron chi connectivity index (χ3n) is 1.63. The van der Waals surface area contributed by atoms with Gasteiger partial charge in [0.05, 0.1) is 0 Å². The zero-order chi connectivity index (χ0) is 6.20.